The molecule has 0 aliphatic heterocycles. The SMILES string of the molecule is COC(CNc1ccc(-n2ccnc2C)nc1)OC. The highest BCUT2D eigenvalue weighted by Crippen LogP contribution is 2.11. The van der Waals surface area contributed by atoms with Gasteiger partial charge in [-0.15, -0.1) is 0 Å². The topological polar surface area (TPSA) is 61.2 Å². The van der Waals surface area contributed by atoms with Crippen molar-refractivity contribution >= 4 is 5.69 Å². The van der Waals surface area contributed by atoms with E-state index in [-0.39, 0.29) is 6.29 Å². The summed E-state index contributed by atoms with van der Waals surface area (Å²) in [5.41, 5.74) is 0.917. The van der Waals surface area contributed by atoms with Gasteiger partial charge in [-0.3, -0.25) is 4.57 Å². The molecule has 0 fully saturated rings. The lowest BCUT2D eigenvalue weighted by Crippen LogP contribution is -2.23. The molecule has 6 nitrogen and oxygen atoms in total. The average Bonchev–Trinajstić information content (AvgIpc) is 2.87. The summed E-state index contributed by atoms with van der Waals surface area (Å²) in [6.45, 7) is 2.51. The monoisotopic (exact) mass is 262 g/mol. The number of rotatable bonds is 6. The molecular formula is C13H18N4O2. The maximum Gasteiger partial charge on any atom is 0.173 e. The first-order chi connectivity index (χ1) is 9.24. The number of nitrogens with zero attached hydrogens (tertiary/aromatic N) is 3. The van der Waals surface area contributed by atoms with Crippen molar-refractivity contribution in [3.63, 3.8) is 0 Å². The van der Waals surface area contributed by atoms with E-state index in [4.69, 9.17) is 9.47 Å². The number of nitrogens with one attached hydrogen (secondary N) is 1. The van der Waals surface area contributed by atoms with Gasteiger partial charge in [-0.25, -0.2) is 9.97 Å². The summed E-state index contributed by atoms with van der Waals surface area (Å²) < 4.78 is 12.1. The summed E-state index contributed by atoms with van der Waals surface area (Å²) in [7, 11) is 3.22. The van der Waals surface area contributed by atoms with Gasteiger partial charge >= 0.3 is 0 Å². The van der Waals surface area contributed by atoms with Gasteiger partial charge in [0.2, 0.25) is 0 Å². The standard InChI is InChI=1S/C13H18N4O2/c1-10-14-6-7-17(10)12-5-4-11(8-16-12)15-9-13(18-2)19-3/h4-8,13,15H,9H2,1-3H3. The Morgan fingerprint density at radius 1 is 1.26 bits per heavy atom. The molecule has 0 saturated carbocycles. The van der Waals surface area contributed by atoms with E-state index in [2.05, 4.69) is 15.3 Å². The van der Waals surface area contributed by atoms with E-state index in [1.165, 1.54) is 0 Å². The number of methoxy groups -OCH3 is 2. The maximum atomic E-state index is 5.10. The van der Waals surface area contributed by atoms with Crippen LogP contribution in [0.3, 0.4) is 0 Å². The van der Waals surface area contributed by atoms with E-state index in [1.807, 2.05) is 29.8 Å². The minimum Gasteiger partial charge on any atom is -0.379 e. The fraction of sp³-hybridized carbons (Fsp3) is 0.385. The molecule has 2 aromatic rings. The molecule has 1 N–H and O–H groups in total. The zero-order valence-corrected chi connectivity index (χ0v) is 11.3. The molecule has 2 aromatic heterocycles. The van der Waals surface area contributed by atoms with Crippen molar-refractivity contribution in [3.05, 3.63) is 36.5 Å². The van der Waals surface area contributed by atoms with E-state index < -0.39 is 0 Å². The molecule has 19 heavy (non-hydrogen) atoms. The summed E-state index contributed by atoms with van der Waals surface area (Å²) in [6.07, 6.45) is 5.15. The van der Waals surface area contributed by atoms with Crippen LogP contribution in [0, 0.1) is 6.92 Å². The van der Waals surface area contributed by atoms with Crippen LogP contribution in [0.25, 0.3) is 5.82 Å². The van der Waals surface area contributed by atoms with Crippen LogP contribution in [0.2, 0.25) is 0 Å². The molecule has 102 valence electrons. The first-order valence-electron chi connectivity index (χ1n) is 6.00. The highest BCUT2D eigenvalue weighted by molar-refractivity contribution is 5.43. The van der Waals surface area contributed by atoms with E-state index in [9.17, 15) is 0 Å². The molecule has 0 amide bonds. The zero-order chi connectivity index (χ0) is 13.7. The maximum absolute atomic E-state index is 5.10. The van der Waals surface area contributed by atoms with Crippen molar-refractivity contribution < 1.29 is 9.47 Å². The van der Waals surface area contributed by atoms with Crippen molar-refractivity contribution in [1.82, 2.24) is 14.5 Å². The van der Waals surface area contributed by atoms with Crippen molar-refractivity contribution in [2.45, 2.75) is 13.2 Å². The van der Waals surface area contributed by atoms with Gasteiger partial charge in [0.25, 0.3) is 0 Å². The molecule has 2 rings (SSSR count). The van der Waals surface area contributed by atoms with Crippen LogP contribution < -0.4 is 5.32 Å². The van der Waals surface area contributed by atoms with Gasteiger partial charge in [0.05, 0.1) is 18.4 Å². The third kappa shape index (κ3) is 3.30. The van der Waals surface area contributed by atoms with Gasteiger partial charge in [-0.1, -0.05) is 0 Å². The Balaban J connectivity index is 2.01. The Morgan fingerprint density at radius 2 is 2.05 bits per heavy atom. The molecule has 0 aromatic carbocycles. The van der Waals surface area contributed by atoms with Crippen LogP contribution in [0.15, 0.2) is 30.7 Å². The predicted octanol–water partition coefficient (Wildman–Crippen LogP) is 1.61. The molecule has 0 radical (unpaired) electrons. The zero-order valence-electron chi connectivity index (χ0n) is 11.3. The first kappa shape index (κ1) is 13.5. The number of aromatic nitrogens is 3. The molecule has 0 spiro atoms. The normalized spacial score (nSPS) is 10.9. The van der Waals surface area contributed by atoms with E-state index in [0.717, 1.165) is 17.3 Å². The Labute approximate surface area is 112 Å². The highest BCUT2D eigenvalue weighted by atomic mass is 16.7. The van der Waals surface area contributed by atoms with Gasteiger partial charge in [-0.2, -0.15) is 0 Å². The molecule has 0 atom stereocenters. The Morgan fingerprint density at radius 3 is 2.58 bits per heavy atom. The summed E-state index contributed by atoms with van der Waals surface area (Å²) in [5.74, 6) is 1.75. The van der Waals surface area contributed by atoms with Gasteiger partial charge in [0.1, 0.15) is 11.6 Å². The third-order valence-electron chi connectivity index (χ3n) is 2.82. The Bertz CT molecular complexity index is 506. The average molecular weight is 262 g/mol. The van der Waals surface area contributed by atoms with Crippen molar-refractivity contribution in [1.29, 1.82) is 0 Å². The quantitative estimate of drug-likeness (QED) is 0.801. The number of hydrogen-bond acceptors (Lipinski definition) is 5. The number of hydrogen-bond donors (Lipinski definition) is 1. The fourth-order valence-corrected chi connectivity index (χ4v) is 1.72. The van der Waals surface area contributed by atoms with Crippen molar-refractivity contribution in [3.8, 4) is 5.82 Å². The molecule has 6 heteroatoms. The van der Waals surface area contributed by atoms with Crippen LogP contribution in [0.5, 0.6) is 0 Å². The number of ether oxygens (including phenoxy) is 2. The molecule has 0 unspecified atom stereocenters. The minimum absolute atomic E-state index is 0.268. The van der Waals surface area contributed by atoms with E-state index in [0.29, 0.717) is 6.54 Å². The van der Waals surface area contributed by atoms with E-state index in [1.54, 1.807) is 26.6 Å². The first-order valence-corrected chi connectivity index (χ1v) is 6.00. The van der Waals surface area contributed by atoms with Gasteiger partial charge < -0.3 is 14.8 Å². The predicted molar refractivity (Wildman–Crippen MR) is 72.4 cm³/mol. The molecule has 0 bridgehead atoms. The molecule has 0 aliphatic rings. The van der Waals surface area contributed by atoms with Crippen molar-refractivity contribution in [2.75, 3.05) is 26.1 Å². The molecule has 0 aliphatic carbocycles. The second-order valence-electron chi connectivity index (χ2n) is 4.03. The summed E-state index contributed by atoms with van der Waals surface area (Å²) in [6, 6.07) is 3.90. The van der Waals surface area contributed by atoms with Gasteiger partial charge in [-0.05, 0) is 19.1 Å². The molecular weight excluding hydrogens is 244 g/mol. The van der Waals surface area contributed by atoms with E-state index >= 15 is 0 Å². The minimum atomic E-state index is -0.268. The van der Waals surface area contributed by atoms with Crippen LogP contribution >= 0.6 is 0 Å². The second-order valence-corrected chi connectivity index (χ2v) is 4.03. The largest absolute Gasteiger partial charge is 0.379 e. The lowest BCUT2D eigenvalue weighted by atomic mass is 10.4. The number of imidazole rings is 1. The van der Waals surface area contributed by atoms with Crippen LogP contribution in [-0.4, -0.2) is 41.6 Å². The summed E-state index contributed by atoms with van der Waals surface area (Å²) >= 11 is 0. The number of anilines is 1. The second kappa shape index (κ2) is 6.31. The van der Waals surface area contributed by atoms with Crippen LogP contribution in [0.4, 0.5) is 5.69 Å². The number of pyridine rings is 1. The molecule has 0 saturated heterocycles. The fourth-order valence-electron chi connectivity index (χ4n) is 1.72. The summed E-state index contributed by atoms with van der Waals surface area (Å²) in [4.78, 5) is 8.56. The van der Waals surface area contributed by atoms with Crippen LogP contribution in [0.1, 0.15) is 5.82 Å². The summed E-state index contributed by atoms with van der Waals surface area (Å²) in [5, 5.41) is 3.20. The van der Waals surface area contributed by atoms with Crippen LogP contribution in [-0.2, 0) is 9.47 Å². The number of aryl methyl sites for hydroxylation is 1. The molecule has 2 heterocycles. The Hall–Kier alpha value is -1.92. The van der Waals surface area contributed by atoms with Gasteiger partial charge in [0, 0.05) is 26.6 Å². The Kier molecular flexibility index (Phi) is 4.48. The smallest absolute Gasteiger partial charge is 0.173 e. The lowest BCUT2D eigenvalue weighted by molar-refractivity contribution is -0.0914. The third-order valence-corrected chi connectivity index (χ3v) is 2.82. The lowest BCUT2D eigenvalue weighted by Gasteiger charge is -2.14. The highest BCUT2D eigenvalue weighted by Gasteiger charge is 2.05. The van der Waals surface area contributed by atoms with Gasteiger partial charge in [0.15, 0.2) is 6.29 Å². The van der Waals surface area contributed by atoms with Crippen molar-refractivity contribution in [2.24, 2.45) is 0 Å².